The molecule has 0 bridgehead atoms. The summed E-state index contributed by atoms with van der Waals surface area (Å²) in [6.45, 7) is 0.696. The van der Waals surface area contributed by atoms with Crippen LogP contribution in [-0.4, -0.2) is 24.2 Å². The van der Waals surface area contributed by atoms with E-state index in [4.69, 9.17) is 5.73 Å². The van der Waals surface area contributed by atoms with Gasteiger partial charge in [-0.15, -0.1) is 0 Å². The predicted molar refractivity (Wildman–Crippen MR) is 44.3 cm³/mol. The number of nitrogens with two attached hydrogens (primary N) is 1. The summed E-state index contributed by atoms with van der Waals surface area (Å²) in [5.74, 6) is 1.13. The fourth-order valence-electron chi connectivity index (χ4n) is 0.892. The first-order valence-corrected chi connectivity index (χ1v) is 4.85. The number of hydrogen-bond acceptors (Lipinski definition) is 4. The van der Waals surface area contributed by atoms with Gasteiger partial charge < -0.3 is 5.73 Å². The molecular formula is C6H13N3S. The van der Waals surface area contributed by atoms with Gasteiger partial charge in [0.2, 0.25) is 0 Å². The Balaban J connectivity index is 2.12. The molecule has 1 heterocycles. The number of nitrogens with zero attached hydrogens (tertiary/aromatic N) is 2. The van der Waals surface area contributed by atoms with Crippen molar-refractivity contribution < 1.29 is 0 Å². The monoisotopic (exact) mass is 159 g/mol. The van der Waals surface area contributed by atoms with Gasteiger partial charge in [-0.05, 0) is 18.6 Å². The van der Waals surface area contributed by atoms with Gasteiger partial charge in [0.25, 0.3) is 0 Å². The first-order valence-electron chi connectivity index (χ1n) is 3.46. The van der Waals surface area contributed by atoms with E-state index in [0.717, 1.165) is 18.6 Å². The largest absolute Gasteiger partial charge is 0.330 e. The average molecular weight is 159 g/mol. The molecule has 0 spiro atoms. The Hall–Kier alpha value is -0.0900. The second-order valence-corrected chi connectivity index (χ2v) is 3.45. The van der Waals surface area contributed by atoms with Gasteiger partial charge in [-0.25, -0.2) is 0 Å². The van der Waals surface area contributed by atoms with Crippen LogP contribution < -0.4 is 5.73 Å². The fourth-order valence-corrected chi connectivity index (χ4v) is 1.42. The minimum atomic E-state index is -0.0439. The molecule has 0 fully saturated rings. The molecule has 0 atom stereocenters. The van der Waals surface area contributed by atoms with Crippen molar-refractivity contribution in [3.63, 3.8) is 0 Å². The maximum Gasteiger partial charge on any atom is 0.192 e. The SMILES string of the molecule is CSCCC1(CCN)N=N1. The van der Waals surface area contributed by atoms with E-state index in [0.29, 0.717) is 6.54 Å². The summed E-state index contributed by atoms with van der Waals surface area (Å²) in [4.78, 5) is 0. The zero-order valence-electron chi connectivity index (χ0n) is 6.21. The third-order valence-electron chi connectivity index (χ3n) is 1.63. The Labute approximate surface area is 65.5 Å². The maximum atomic E-state index is 5.40. The smallest absolute Gasteiger partial charge is 0.192 e. The lowest BCUT2D eigenvalue weighted by molar-refractivity contribution is 0.542. The normalized spacial score (nSPS) is 19.4. The minimum absolute atomic E-state index is 0.0439. The van der Waals surface area contributed by atoms with E-state index in [9.17, 15) is 0 Å². The highest BCUT2D eigenvalue weighted by atomic mass is 32.2. The quantitative estimate of drug-likeness (QED) is 0.656. The molecule has 0 saturated heterocycles. The molecule has 0 saturated carbocycles. The Morgan fingerprint density at radius 1 is 1.40 bits per heavy atom. The molecule has 58 valence electrons. The van der Waals surface area contributed by atoms with E-state index in [1.807, 2.05) is 11.8 Å². The van der Waals surface area contributed by atoms with Crippen LogP contribution in [-0.2, 0) is 0 Å². The standard InChI is InChI=1S/C6H13N3S/c1-10-5-3-6(2-4-7)8-9-6/h2-5,7H2,1H3. The number of hydrogen-bond donors (Lipinski definition) is 1. The molecule has 0 amide bonds. The molecule has 0 unspecified atom stereocenters. The van der Waals surface area contributed by atoms with Crippen LogP contribution in [0.3, 0.4) is 0 Å². The van der Waals surface area contributed by atoms with E-state index in [1.54, 1.807) is 0 Å². The molecule has 0 radical (unpaired) electrons. The van der Waals surface area contributed by atoms with Crippen LogP contribution in [0.4, 0.5) is 0 Å². The van der Waals surface area contributed by atoms with Gasteiger partial charge >= 0.3 is 0 Å². The summed E-state index contributed by atoms with van der Waals surface area (Å²) in [7, 11) is 0. The van der Waals surface area contributed by atoms with Gasteiger partial charge in [0.1, 0.15) is 0 Å². The lowest BCUT2D eigenvalue weighted by atomic mass is 10.1. The van der Waals surface area contributed by atoms with E-state index in [1.165, 1.54) is 0 Å². The Morgan fingerprint density at radius 3 is 2.50 bits per heavy atom. The Bertz CT molecular complexity index is 129. The molecule has 0 aromatic rings. The van der Waals surface area contributed by atoms with Gasteiger partial charge in [0.15, 0.2) is 5.66 Å². The summed E-state index contributed by atoms with van der Waals surface area (Å²) < 4.78 is 0. The van der Waals surface area contributed by atoms with Gasteiger partial charge in [-0.2, -0.15) is 22.0 Å². The minimum Gasteiger partial charge on any atom is -0.330 e. The molecule has 3 nitrogen and oxygen atoms in total. The molecule has 10 heavy (non-hydrogen) atoms. The van der Waals surface area contributed by atoms with Crippen molar-refractivity contribution in [1.82, 2.24) is 0 Å². The molecule has 2 N–H and O–H groups in total. The molecular weight excluding hydrogens is 146 g/mol. The number of thioether (sulfide) groups is 1. The predicted octanol–water partition coefficient (Wildman–Crippen LogP) is 1.25. The molecule has 4 heteroatoms. The Kier molecular flexibility index (Phi) is 2.68. The average Bonchev–Trinajstić information content (AvgIpc) is 2.67. The zero-order valence-corrected chi connectivity index (χ0v) is 7.02. The third-order valence-corrected chi connectivity index (χ3v) is 2.25. The van der Waals surface area contributed by atoms with E-state index in [-0.39, 0.29) is 5.66 Å². The molecule has 1 aliphatic heterocycles. The summed E-state index contributed by atoms with van der Waals surface area (Å²) in [5, 5.41) is 7.99. The van der Waals surface area contributed by atoms with Crippen LogP contribution in [0.2, 0.25) is 0 Å². The van der Waals surface area contributed by atoms with Crippen molar-refractivity contribution in [3.8, 4) is 0 Å². The van der Waals surface area contributed by atoms with Crippen LogP contribution in [0.25, 0.3) is 0 Å². The highest BCUT2D eigenvalue weighted by molar-refractivity contribution is 7.98. The topological polar surface area (TPSA) is 50.7 Å². The van der Waals surface area contributed by atoms with Gasteiger partial charge in [-0.3, -0.25) is 0 Å². The zero-order chi connectivity index (χ0) is 7.45. The third kappa shape index (κ3) is 1.95. The summed E-state index contributed by atoms with van der Waals surface area (Å²) in [6.07, 6.45) is 4.08. The highest BCUT2D eigenvalue weighted by Crippen LogP contribution is 2.35. The molecule has 0 aliphatic carbocycles. The Morgan fingerprint density at radius 2 is 2.10 bits per heavy atom. The maximum absolute atomic E-state index is 5.40. The lowest BCUT2D eigenvalue weighted by Gasteiger charge is -2.06. The summed E-state index contributed by atoms with van der Waals surface area (Å²) >= 11 is 1.83. The van der Waals surface area contributed by atoms with Gasteiger partial charge in [0, 0.05) is 12.8 Å². The number of rotatable bonds is 5. The lowest BCUT2D eigenvalue weighted by Crippen LogP contribution is -2.17. The molecule has 1 aliphatic rings. The van der Waals surface area contributed by atoms with Crippen molar-refractivity contribution in [2.24, 2.45) is 16.0 Å². The summed E-state index contributed by atoms with van der Waals surface area (Å²) in [5.41, 5.74) is 5.36. The van der Waals surface area contributed by atoms with Crippen molar-refractivity contribution in [2.75, 3.05) is 18.6 Å². The van der Waals surface area contributed by atoms with Gasteiger partial charge in [-0.1, -0.05) is 0 Å². The van der Waals surface area contributed by atoms with E-state index in [2.05, 4.69) is 16.5 Å². The second kappa shape index (κ2) is 3.34. The van der Waals surface area contributed by atoms with Crippen molar-refractivity contribution >= 4 is 11.8 Å². The second-order valence-electron chi connectivity index (χ2n) is 2.46. The molecule has 0 aromatic heterocycles. The van der Waals surface area contributed by atoms with E-state index < -0.39 is 0 Å². The first kappa shape index (κ1) is 8.01. The van der Waals surface area contributed by atoms with Crippen molar-refractivity contribution in [1.29, 1.82) is 0 Å². The van der Waals surface area contributed by atoms with Gasteiger partial charge in [0.05, 0.1) is 0 Å². The highest BCUT2D eigenvalue weighted by Gasteiger charge is 2.37. The van der Waals surface area contributed by atoms with Crippen LogP contribution in [0.15, 0.2) is 10.2 Å². The van der Waals surface area contributed by atoms with Crippen LogP contribution in [0.1, 0.15) is 12.8 Å². The molecule has 1 rings (SSSR count). The van der Waals surface area contributed by atoms with Crippen LogP contribution >= 0.6 is 11.8 Å². The van der Waals surface area contributed by atoms with Crippen LogP contribution in [0, 0.1) is 0 Å². The van der Waals surface area contributed by atoms with Crippen molar-refractivity contribution in [3.05, 3.63) is 0 Å². The van der Waals surface area contributed by atoms with Crippen molar-refractivity contribution in [2.45, 2.75) is 18.5 Å². The first-order chi connectivity index (χ1) is 4.83. The molecule has 0 aromatic carbocycles. The fraction of sp³-hybridized carbons (Fsp3) is 1.00. The summed E-state index contributed by atoms with van der Waals surface area (Å²) in [6, 6.07) is 0. The van der Waals surface area contributed by atoms with E-state index >= 15 is 0 Å². The van der Waals surface area contributed by atoms with Crippen LogP contribution in [0.5, 0.6) is 0 Å².